The van der Waals surface area contributed by atoms with E-state index in [1.807, 2.05) is 24.0 Å². The first kappa shape index (κ1) is 15.7. The monoisotopic (exact) mass is 267 g/mol. The number of furan rings is 1. The van der Waals surface area contributed by atoms with Gasteiger partial charge in [0.25, 0.3) is 0 Å². The van der Waals surface area contributed by atoms with Gasteiger partial charge < -0.3 is 15.9 Å². The zero-order chi connectivity index (χ0) is 14.4. The topological polar surface area (TPSA) is 85.5 Å². The van der Waals surface area contributed by atoms with E-state index in [0.717, 1.165) is 18.7 Å². The molecule has 108 valence electrons. The maximum absolute atomic E-state index is 11.3. The summed E-state index contributed by atoms with van der Waals surface area (Å²) in [5.74, 6) is 0.859. The standard InChI is InChI=1S/C14H25N3O2/c1-4-11(15)14(12-6-5-7-19-12)17(8-10(2)3)9-13(16)18/h5-7,10-11,14H,4,8-9,15H2,1-3H3,(H2,16,18). The van der Waals surface area contributed by atoms with Gasteiger partial charge in [-0.1, -0.05) is 20.8 Å². The molecule has 19 heavy (non-hydrogen) atoms. The molecular formula is C14H25N3O2. The number of amides is 1. The van der Waals surface area contributed by atoms with Crippen molar-refractivity contribution in [3.05, 3.63) is 24.2 Å². The van der Waals surface area contributed by atoms with Crippen molar-refractivity contribution in [1.29, 1.82) is 0 Å². The smallest absolute Gasteiger partial charge is 0.231 e. The second-order valence-corrected chi connectivity index (χ2v) is 5.32. The predicted octanol–water partition coefficient (Wildman–Crippen LogP) is 1.50. The Morgan fingerprint density at radius 3 is 2.58 bits per heavy atom. The number of rotatable bonds is 8. The molecule has 1 amide bonds. The van der Waals surface area contributed by atoms with Crippen molar-refractivity contribution in [2.45, 2.75) is 39.3 Å². The molecule has 0 spiro atoms. The number of nitrogens with zero attached hydrogens (tertiary/aromatic N) is 1. The van der Waals surface area contributed by atoms with Gasteiger partial charge in [0.05, 0.1) is 18.8 Å². The summed E-state index contributed by atoms with van der Waals surface area (Å²) < 4.78 is 5.49. The minimum Gasteiger partial charge on any atom is -0.468 e. The Bertz CT molecular complexity index is 376. The maximum Gasteiger partial charge on any atom is 0.231 e. The normalized spacial score (nSPS) is 14.8. The summed E-state index contributed by atoms with van der Waals surface area (Å²) in [6.45, 7) is 7.17. The van der Waals surface area contributed by atoms with Crippen LogP contribution < -0.4 is 11.5 Å². The average molecular weight is 267 g/mol. The van der Waals surface area contributed by atoms with Gasteiger partial charge >= 0.3 is 0 Å². The second kappa shape index (κ2) is 7.31. The number of carbonyl (C=O) groups is 1. The lowest BCUT2D eigenvalue weighted by molar-refractivity contribution is -0.120. The van der Waals surface area contributed by atoms with Gasteiger partial charge in [0, 0.05) is 12.6 Å². The number of primary amides is 1. The molecule has 1 aromatic heterocycles. The van der Waals surface area contributed by atoms with Gasteiger partial charge in [-0.05, 0) is 24.5 Å². The molecule has 0 saturated heterocycles. The molecule has 1 heterocycles. The number of nitrogens with two attached hydrogens (primary N) is 2. The molecule has 0 aromatic carbocycles. The molecule has 4 N–H and O–H groups in total. The largest absolute Gasteiger partial charge is 0.468 e. The number of hydrogen-bond donors (Lipinski definition) is 2. The summed E-state index contributed by atoms with van der Waals surface area (Å²) in [7, 11) is 0. The summed E-state index contributed by atoms with van der Waals surface area (Å²) in [4.78, 5) is 13.3. The fourth-order valence-corrected chi connectivity index (χ4v) is 2.29. The third-order valence-corrected chi connectivity index (χ3v) is 3.06. The van der Waals surface area contributed by atoms with Gasteiger partial charge in [-0.2, -0.15) is 0 Å². The van der Waals surface area contributed by atoms with Gasteiger partial charge in [0.1, 0.15) is 5.76 Å². The predicted molar refractivity (Wildman–Crippen MR) is 75.3 cm³/mol. The summed E-state index contributed by atoms with van der Waals surface area (Å²) in [6, 6.07) is 3.52. The Morgan fingerprint density at radius 2 is 2.16 bits per heavy atom. The van der Waals surface area contributed by atoms with Gasteiger partial charge in [0.2, 0.25) is 5.91 Å². The zero-order valence-electron chi connectivity index (χ0n) is 12.0. The molecule has 0 saturated carbocycles. The van der Waals surface area contributed by atoms with Crippen LogP contribution >= 0.6 is 0 Å². The van der Waals surface area contributed by atoms with Crippen LogP contribution in [0.4, 0.5) is 0 Å². The highest BCUT2D eigenvalue weighted by molar-refractivity contribution is 5.76. The van der Waals surface area contributed by atoms with E-state index in [9.17, 15) is 4.79 Å². The highest BCUT2D eigenvalue weighted by atomic mass is 16.3. The first-order valence-electron chi connectivity index (χ1n) is 6.77. The van der Waals surface area contributed by atoms with Crippen LogP contribution in [0, 0.1) is 5.92 Å². The van der Waals surface area contributed by atoms with E-state index in [2.05, 4.69) is 13.8 Å². The van der Waals surface area contributed by atoms with E-state index in [4.69, 9.17) is 15.9 Å². The first-order chi connectivity index (χ1) is 8.95. The van der Waals surface area contributed by atoms with Gasteiger partial charge in [-0.25, -0.2) is 0 Å². The second-order valence-electron chi connectivity index (χ2n) is 5.32. The Balaban J connectivity index is 2.99. The Labute approximate surface area is 114 Å². The van der Waals surface area contributed by atoms with Crippen molar-refractivity contribution in [3.63, 3.8) is 0 Å². The number of hydrogen-bond acceptors (Lipinski definition) is 4. The third-order valence-electron chi connectivity index (χ3n) is 3.06. The molecule has 0 aliphatic rings. The molecule has 0 fully saturated rings. The summed E-state index contributed by atoms with van der Waals surface area (Å²) >= 11 is 0. The maximum atomic E-state index is 11.3. The molecule has 5 nitrogen and oxygen atoms in total. The Hall–Kier alpha value is -1.33. The van der Waals surface area contributed by atoms with E-state index in [1.165, 1.54) is 0 Å². The fraction of sp³-hybridized carbons (Fsp3) is 0.643. The number of carbonyl (C=O) groups excluding carboxylic acids is 1. The van der Waals surface area contributed by atoms with Crippen LogP contribution in [0.5, 0.6) is 0 Å². The summed E-state index contributed by atoms with van der Waals surface area (Å²) in [5, 5.41) is 0. The molecule has 2 atom stereocenters. The van der Waals surface area contributed by atoms with Gasteiger partial charge in [-0.15, -0.1) is 0 Å². The molecule has 2 unspecified atom stereocenters. The highest BCUT2D eigenvalue weighted by Crippen LogP contribution is 2.26. The van der Waals surface area contributed by atoms with Crippen LogP contribution in [0.2, 0.25) is 0 Å². The minimum absolute atomic E-state index is 0.0933. The van der Waals surface area contributed by atoms with E-state index >= 15 is 0 Å². The van der Waals surface area contributed by atoms with Crippen molar-refractivity contribution >= 4 is 5.91 Å². The minimum atomic E-state index is -0.347. The summed E-state index contributed by atoms with van der Waals surface area (Å²) in [5.41, 5.74) is 11.6. The van der Waals surface area contributed by atoms with Crippen LogP contribution in [0.1, 0.15) is 39.0 Å². The van der Waals surface area contributed by atoms with E-state index in [0.29, 0.717) is 5.92 Å². The molecule has 0 aliphatic carbocycles. The van der Waals surface area contributed by atoms with Crippen molar-refractivity contribution in [2.75, 3.05) is 13.1 Å². The lowest BCUT2D eigenvalue weighted by Crippen LogP contribution is -2.45. The van der Waals surface area contributed by atoms with Crippen molar-refractivity contribution < 1.29 is 9.21 Å². The van der Waals surface area contributed by atoms with E-state index < -0.39 is 0 Å². The fourth-order valence-electron chi connectivity index (χ4n) is 2.29. The third kappa shape index (κ3) is 4.69. The van der Waals surface area contributed by atoms with Crippen molar-refractivity contribution in [2.24, 2.45) is 17.4 Å². The average Bonchev–Trinajstić information content (AvgIpc) is 2.80. The van der Waals surface area contributed by atoms with Gasteiger partial charge in [-0.3, -0.25) is 9.69 Å². The molecule has 0 bridgehead atoms. The van der Waals surface area contributed by atoms with E-state index in [-0.39, 0.29) is 24.5 Å². The highest BCUT2D eigenvalue weighted by Gasteiger charge is 2.29. The van der Waals surface area contributed by atoms with Crippen LogP contribution in [0.15, 0.2) is 22.8 Å². The molecule has 5 heteroatoms. The Kier molecular flexibility index (Phi) is 6.05. The lowest BCUT2D eigenvalue weighted by Gasteiger charge is -2.34. The molecule has 1 rings (SSSR count). The SMILES string of the molecule is CCC(N)C(c1ccco1)N(CC(N)=O)CC(C)C. The molecule has 0 radical (unpaired) electrons. The zero-order valence-corrected chi connectivity index (χ0v) is 12.0. The van der Waals surface area contributed by atoms with Crippen molar-refractivity contribution in [3.8, 4) is 0 Å². The van der Waals surface area contributed by atoms with Crippen molar-refractivity contribution in [1.82, 2.24) is 4.90 Å². The summed E-state index contributed by atoms with van der Waals surface area (Å²) in [6.07, 6.45) is 2.43. The van der Waals surface area contributed by atoms with Gasteiger partial charge in [0.15, 0.2) is 0 Å². The van der Waals surface area contributed by atoms with E-state index in [1.54, 1.807) is 6.26 Å². The van der Waals surface area contributed by atoms with Crippen LogP contribution in [-0.2, 0) is 4.79 Å². The molecule has 1 aromatic rings. The van der Waals surface area contributed by atoms with Crippen LogP contribution in [0.25, 0.3) is 0 Å². The lowest BCUT2D eigenvalue weighted by atomic mass is 10.0. The quantitative estimate of drug-likeness (QED) is 0.747. The molecule has 0 aliphatic heterocycles. The Morgan fingerprint density at radius 1 is 1.47 bits per heavy atom. The van der Waals surface area contributed by atoms with Crippen LogP contribution in [-0.4, -0.2) is 29.9 Å². The van der Waals surface area contributed by atoms with Crippen LogP contribution in [0.3, 0.4) is 0 Å². The first-order valence-corrected chi connectivity index (χ1v) is 6.77. The molecular weight excluding hydrogens is 242 g/mol.